The molecule has 0 bridgehead atoms. The molecule has 2 rings (SSSR count). The Morgan fingerprint density at radius 3 is 2.50 bits per heavy atom. The normalized spacial score (nSPS) is 16.6. The molecule has 1 saturated carbocycles. The summed E-state index contributed by atoms with van der Waals surface area (Å²) in [5.41, 5.74) is 0.688. The van der Waals surface area contributed by atoms with Crippen molar-refractivity contribution in [1.82, 2.24) is 5.32 Å². The highest BCUT2D eigenvalue weighted by Gasteiger charge is 2.28. The number of methoxy groups -OCH3 is 1. The fraction of sp³-hybridized carbons (Fsp3) is 0.462. The Morgan fingerprint density at radius 2 is 2.00 bits per heavy atom. The lowest BCUT2D eigenvalue weighted by atomic mass is 10.1. The molecule has 3 nitrogen and oxygen atoms in total. The van der Waals surface area contributed by atoms with Crippen molar-refractivity contribution in [2.24, 2.45) is 5.92 Å². The topological polar surface area (TPSA) is 38.3 Å². The summed E-state index contributed by atoms with van der Waals surface area (Å²) in [5, 5.41) is 3.02. The molecule has 1 atom stereocenters. The Hall–Kier alpha value is -1.51. The van der Waals surface area contributed by atoms with Crippen LogP contribution in [0, 0.1) is 5.92 Å². The Kier molecular flexibility index (Phi) is 3.13. The molecule has 1 aliphatic rings. The number of rotatable bonds is 4. The lowest BCUT2D eigenvalue weighted by Gasteiger charge is -2.12. The van der Waals surface area contributed by atoms with Crippen LogP contribution in [0.4, 0.5) is 0 Å². The molecule has 1 fully saturated rings. The summed E-state index contributed by atoms with van der Waals surface area (Å²) in [6, 6.07) is 7.46. The largest absolute Gasteiger partial charge is 0.497 e. The zero-order chi connectivity index (χ0) is 11.5. The van der Waals surface area contributed by atoms with Crippen LogP contribution in [0.1, 0.15) is 30.1 Å². The first kappa shape index (κ1) is 11.0. The van der Waals surface area contributed by atoms with Crippen molar-refractivity contribution < 1.29 is 9.53 Å². The lowest BCUT2D eigenvalue weighted by Crippen LogP contribution is -2.33. The summed E-state index contributed by atoms with van der Waals surface area (Å²) in [6.07, 6.45) is 2.48. The predicted molar refractivity (Wildman–Crippen MR) is 62.6 cm³/mol. The molecule has 0 heterocycles. The van der Waals surface area contributed by atoms with E-state index in [4.69, 9.17) is 4.74 Å². The predicted octanol–water partition coefficient (Wildman–Crippen LogP) is 2.22. The Labute approximate surface area is 95.8 Å². The average molecular weight is 219 g/mol. The van der Waals surface area contributed by atoms with Gasteiger partial charge in [0.2, 0.25) is 0 Å². The first-order valence-electron chi connectivity index (χ1n) is 5.65. The van der Waals surface area contributed by atoms with Gasteiger partial charge < -0.3 is 10.1 Å². The second-order valence-corrected chi connectivity index (χ2v) is 4.33. The lowest BCUT2D eigenvalue weighted by molar-refractivity contribution is 0.0936. The number of nitrogens with one attached hydrogen (secondary N) is 1. The van der Waals surface area contributed by atoms with Crippen LogP contribution < -0.4 is 10.1 Å². The van der Waals surface area contributed by atoms with Crippen LogP contribution >= 0.6 is 0 Å². The van der Waals surface area contributed by atoms with Gasteiger partial charge in [-0.05, 0) is 49.9 Å². The smallest absolute Gasteiger partial charge is 0.251 e. The first-order chi connectivity index (χ1) is 7.70. The third-order valence-corrected chi connectivity index (χ3v) is 3.04. The second-order valence-electron chi connectivity index (χ2n) is 4.33. The molecule has 16 heavy (non-hydrogen) atoms. The summed E-state index contributed by atoms with van der Waals surface area (Å²) in [4.78, 5) is 11.8. The van der Waals surface area contributed by atoms with E-state index in [-0.39, 0.29) is 11.9 Å². The Balaban J connectivity index is 1.96. The van der Waals surface area contributed by atoms with Crippen LogP contribution in [0.25, 0.3) is 0 Å². The second kappa shape index (κ2) is 4.56. The molecular formula is C13H17NO2. The highest BCUT2D eigenvalue weighted by molar-refractivity contribution is 5.94. The van der Waals surface area contributed by atoms with E-state index in [1.807, 2.05) is 0 Å². The van der Waals surface area contributed by atoms with Crippen molar-refractivity contribution >= 4 is 5.91 Å². The van der Waals surface area contributed by atoms with Gasteiger partial charge in [-0.25, -0.2) is 0 Å². The standard InChI is InChI=1S/C13H17NO2/c1-9(10-3-4-10)14-13(15)11-5-7-12(16-2)8-6-11/h5-10H,3-4H2,1-2H3,(H,14,15)/t9-/m1/s1. The van der Waals surface area contributed by atoms with Gasteiger partial charge in [-0.1, -0.05) is 0 Å². The SMILES string of the molecule is COc1ccc(C(=O)N[C@H](C)C2CC2)cc1. The molecule has 0 unspecified atom stereocenters. The monoisotopic (exact) mass is 219 g/mol. The number of benzene rings is 1. The van der Waals surface area contributed by atoms with Crippen LogP contribution in [0.15, 0.2) is 24.3 Å². The van der Waals surface area contributed by atoms with Crippen LogP contribution in [0.3, 0.4) is 0 Å². The third-order valence-electron chi connectivity index (χ3n) is 3.04. The molecule has 3 heteroatoms. The minimum absolute atomic E-state index is 0.00190. The maximum absolute atomic E-state index is 11.8. The Bertz CT molecular complexity index is 368. The molecule has 0 radical (unpaired) electrons. The summed E-state index contributed by atoms with van der Waals surface area (Å²) >= 11 is 0. The minimum atomic E-state index is 0.00190. The van der Waals surface area contributed by atoms with Gasteiger partial charge in [-0.15, -0.1) is 0 Å². The molecule has 0 aromatic heterocycles. The highest BCUT2D eigenvalue weighted by Crippen LogP contribution is 2.32. The van der Waals surface area contributed by atoms with Crippen LogP contribution in [0.2, 0.25) is 0 Å². The molecule has 0 spiro atoms. The van der Waals surface area contributed by atoms with E-state index >= 15 is 0 Å². The minimum Gasteiger partial charge on any atom is -0.497 e. The van der Waals surface area contributed by atoms with Gasteiger partial charge in [0.1, 0.15) is 5.75 Å². The van der Waals surface area contributed by atoms with Crippen molar-refractivity contribution in [2.45, 2.75) is 25.8 Å². The van der Waals surface area contributed by atoms with Gasteiger partial charge in [0.15, 0.2) is 0 Å². The van der Waals surface area contributed by atoms with Gasteiger partial charge in [0.25, 0.3) is 5.91 Å². The summed E-state index contributed by atoms with van der Waals surface area (Å²) in [5.74, 6) is 1.45. The molecule has 1 aromatic rings. The van der Waals surface area contributed by atoms with Crippen molar-refractivity contribution in [3.63, 3.8) is 0 Å². The Morgan fingerprint density at radius 1 is 1.38 bits per heavy atom. The number of amides is 1. The molecular weight excluding hydrogens is 202 g/mol. The van der Waals surface area contributed by atoms with Crippen molar-refractivity contribution in [2.75, 3.05) is 7.11 Å². The number of ether oxygens (including phenoxy) is 1. The van der Waals surface area contributed by atoms with Gasteiger partial charge in [-0.3, -0.25) is 4.79 Å². The van der Waals surface area contributed by atoms with E-state index in [1.54, 1.807) is 31.4 Å². The van der Waals surface area contributed by atoms with E-state index < -0.39 is 0 Å². The number of carbonyl (C=O) groups is 1. The van der Waals surface area contributed by atoms with Gasteiger partial charge >= 0.3 is 0 Å². The molecule has 0 aliphatic heterocycles. The van der Waals surface area contributed by atoms with Crippen LogP contribution in [-0.2, 0) is 0 Å². The summed E-state index contributed by atoms with van der Waals surface area (Å²) < 4.78 is 5.05. The molecule has 0 saturated heterocycles. The zero-order valence-electron chi connectivity index (χ0n) is 9.69. The van der Waals surface area contributed by atoms with Gasteiger partial charge in [0.05, 0.1) is 7.11 Å². The van der Waals surface area contributed by atoms with Gasteiger partial charge in [-0.2, -0.15) is 0 Å². The third kappa shape index (κ3) is 2.54. The fourth-order valence-corrected chi connectivity index (χ4v) is 1.75. The van der Waals surface area contributed by atoms with Crippen molar-refractivity contribution in [3.05, 3.63) is 29.8 Å². The quantitative estimate of drug-likeness (QED) is 0.843. The number of hydrogen-bond donors (Lipinski definition) is 1. The van der Waals surface area contributed by atoms with Crippen molar-refractivity contribution in [3.8, 4) is 5.75 Å². The van der Waals surface area contributed by atoms with E-state index in [0.29, 0.717) is 11.5 Å². The number of carbonyl (C=O) groups excluding carboxylic acids is 1. The van der Waals surface area contributed by atoms with E-state index in [0.717, 1.165) is 5.75 Å². The molecule has 1 N–H and O–H groups in total. The van der Waals surface area contributed by atoms with Crippen molar-refractivity contribution in [1.29, 1.82) is 0 Å². The number of hydrogen-bond acceptors (Lipinski definition) is 2. The summed E-state index contributed by atoms with van der Waals surface area (Å²) in [6.45, 7) is 2.07. The van der Waals surface area contributed by atoms with E-state index in [1.165, 1.54) is 12.8 Å². The van der Waals surface area contributed by atoms with E-state index in [2.05, 4.69) is 12.2 Å². The van der Waals surface area contributed by atoms with Gasteiger partial charge in [0, 0.05) is 11.6 Å². The highest BCUT2D eigenvalue weighted by atomic mass is 16.5. The van der Waals surface area contributed by atoms with E-state index in [9.17, 15) is 4.79 Å². The fourth-order valence-electron chi connectivity index (χ4n) is 1.75. The molecule has 1 aliphatic carbocycles. The molecule has 1 aromatic carbocycles. The maximum Gasteiger partial charge on any atom is 0.251 e. The molecule has 1 amide bonds. The molecule has 86 valence electrons. The van der Waals surface area contributed by atoms with Crippen LogP contribution in [0.5, 0.6) is 5.75 Å². The summed E-state index contributed by atoms with van der Waals surface area (Å²) in [7, 11) is 1.62. The van der Waals surface area contributed by atoms with Crippen LogP contribution in [-0.4, -0.2) is 19.1 Å². The zero-order valence-corrected chi connectivity index (χ0v) is 9.69. The first-order valence-corrected chi connectivity index (χ1v) is 5.65. The average Bonchev–Trinajstić information content (AvgIpc) is 3.13. The maximum atomic E-state index is 11.8.